The van der Waals surface area contributed by atoms with Crippen LogP contribution in [0.4, 0.5) is 0 Å². The number of nitrogens with zero attached hydrogens (tertiary/aromatic N) is 1. The Morgan fingerprint density at radius 3 is 2.85 bits per heavy atom. The number of aromatic nitrogens is 2. The van der Waals surface area contributed by atoms with E-state index in [-0.39, 0.29) is 6.54 Å². The number of hydrogen-bond donors (Lipinski definition) is 2. The van der Waals surface area contributed by atoms with Gasteiger partial charge in [0, 0.05) is 10.6 Å². The molecule has 20 heavy (non-hydrogen) atoms. The predicted molar refractivity (Wildman–Crippen MR) is 78.3 cm³/mol. The molecule has 1 aliphatic carbocycles. The minimum atomic E-state index is -3.43. The Balaban J connectivity index is 1.71. The number of sulfonamides is 1. The van der Waals surface area contributed by atoms with Gasteiger partial charge in [0.1, 0.15) is 10.0 Å². The minimum Gasteiger partial charge on any atom is -0.345 e. The van der Waals surface area contributed by atoms with Crippen molar-refractivity contribution in [3.05, 3.63) is 34.2 Å². The monoisotopic (exact) mass is 311 g/mol. The lowest BCUT2D eigenvalue weighted by atomic mass is 10.0. The van der Waals surface area contributed by atoms with Crippen molar-refractivity contribution in [3.63, 3.8) is 0 Å². The summed E-state index contributed by atoms with van der Waals surface area (Å²) in [5, 5.41) is 0. The van der Waals surface area contributed by atoms with Gasteiger partial charge in [-0.1, -0.05) is 0 Å². The Labute approximate surface area is 122 Å². The van der Waals surface area contributed by atoms with E-state index in [1.807, 2.05) is 13.0 Å². The molecule has 108 valence electrons. The van der Waals surface area contributed by atoms with Crippen LogP contribution in [-0.2, 0) is 29.4 Å². The Hall–Kier alpha value is -1.18. The molecule has 2 aromatic rings. The summed E-state index contributed by atoms with van der Waals surface area (Å²) in [6.07, 6.45) is 4.34. The number of nitrogens with one attached hydrogen (secondary N) is 2. The number of aryl methyl sites for hydroxylation is 3. The van der Waals surface area contributed by atoms with Crippen molar-refractivity contribution < 1.29 is 8.42 Å². The molecule has 5 nitrogen and oxygen atoms in total. The van der Waals surface area contributed by atoms with E-state index in [0.29, 0.717) is 10.0 Å². The minimum absolute atomic E-state index is 0.215. The molecule has 0 atom stereocenters. The maximum Gasteiger partial charge on any atom is 0.250 e. The highest BCUT2D eigenvalue weighted by Crippen LogP contribution is 2.21. The van der Waals surface area contributed by atoms with Gasteiger partial charge in [0.2, 0.25) is 10.0 Å². The zero-order chi connectivity index (χ0) is 14.2. The Morgan fingerprint density at radius 1 is 1.35 bits per heavy atom. The Bertz CT molecular complexity index is 692. The van der Waals surface area contributed by atoms with Gasteiger partial charge in [-0.25, -0.2) is 18.1 Å². The molecule has 0 spiro atoms. The van der Waals surface area contributed by atoms with Gasteiger partial charge in [-0.05, 0) is 44.7 Å². The van der Waals surface area contributed by atoms with Crippen LogP contribution in [0.25, 0.3) is 0 Å². The Morgan fingerprint density at radius 2 is 2.15 bits per heavy atom. The molecule has 1 aliphatic rings. The maximum atomic E-state index is 12.1. The van der Waals surface area contributed by atoms with Crippen LogP contribution in [0, 0.1) is 6.92 Å². The summed E-state index contributed by atoms with van der Waals surface area (Å²) in [4.78, 5) is 8.69. The number of thiophene rings is 1. The Kier molecular flexibility index (Phi) is 3.66. The van der Waals surface area contributed by atoms with Gasteiger partial charge in [0.25, 0.3) is 0 Å². The molecular formula is C13H17N3O2S2. The predicted octanol–water partition coefficient (Wildman–Crippen LogP) is 2.14. The molecule has 0 unspecified atom stereocenters. The zero-order valence-electron chi connectivity index (χ0n) is 11.3. The number of aromatic amines is 1. The quantitative estimate of drug-likeness (QED) is 0.908. The van der Waals surface area contributed by atoms with Crippen molar-refractivity contribution in [2.45, 2.75) is 43.4 Å². The second-order valence-corrected chi connectivity index (χ2v) is 8.29. The lowest BCUT2D eigenvalue weighted by Crippen LogP contribution is -2.23. The van der Waals surface area contributed by atoms with Crippen LogP contribution in [0.3, 0.4) is 0 Å². The molecule has 2 aromatic heterocycles. The first-order chi connectivity index (χ1) is 9.54. The average Bonchev–Trinajstić information content (AvgIpc) is 3.02. The van der Waals surface area contributed by atoms with E-state index in [4.69, 9.17) is 0 Å². The highest BCUT2D eigenvalue weighted by Gasteiger charge is 2.18. The van der Waals surface area contributed by atoms with E-state index in [9.17, 15) is 8.42 Å². The van der Waals surface area contributed by atoms with Crippen LogP contribution in [-0.4, -0.2) is 18.4 Å². The first-order valence-corrected chi connectivity index (χ1v) is 8.97. The third kappa shape index (κ3) is 2.79. The average molecular weight is 311 g/mol. The van der Waals surface area contributed by atoms with E-state index >= 15 is 0 Å². The first kappa shape index (κ1) is 13.8. The molecular weight excluding hydrogens is 294 g/mol. The molecule has 0 saturated heterocycles. The fourth-order valence-electron chi connectivity index (χ4n) is 2.39. The van der Waals surface area contributed by atoms with Gasteiger partial charge in [-0.15, -0.1) is 11.3 Å². The highest BCUT2D eigenvalue weighted by atomic mass is 32.2. The van der Waals surface area contributed by atoms with Crippen LogP contribution < -0.4 is 4.72 Å². The number of hydrogen-bond acceptors (Lipinski definition) is 4. The standard InChI is InChI=1S/C13H17N3O2S2/c1-9-6-7-13(19-9)20(17,18)14-8-12-15-10-4-2-3-5-11(10)16-12/h6-7,14H,2-5,8H2,1H3,(H,15,16). The molecule has 0 amide bonds. The molecule has 0 aromatic carbocycles. The summed E-state index contributed by atoms with van der Waals surface area (Å²) in [7, 11) is -3.43. The molecule has 0 saturated carbocycles. The van der Waals surface area contributed by atoms with Crippen molar-refractivity contribution in [2.24, 2.45) is 0 Å². The zero-order valence-corrected chi connectivity index (χ0v) is 12.9. The fraction of sp³-hybridized carbons (Fsp3) is 0.462. The van der Waals surface area contributed by atoms with E-state index < -0.39 is 10.0 Å². The van der Waals surface area contributed by atoms with Gasteiger partial charge < -0.3 is 4.98 Å². The topological polar surface area (TPSA) is 74.8 Å². The van der Waals surface area contributed by atoms with Gasteiger partial charge >= 0.3 is 0 Å². The lowest BCUT2D eigenvalue weighted by Gasteiger charge is -2.07. The van der Waals surface area contributed by atoms with Gasteiger partial charge in [0.05, 0.1) is 12.2 Å². The first-order valence-electron chi connectivity index (χ1n) is 6.67. The summed E-state index contributed by atoms with van der Waals surface area (Å²) >= 11 is 1.28. The van der Waals surface area contributed by atoms with Crippen LogP contribution in [0.1, 0.15) is 34.9 Å². The van der Waals surface area contributed by atoms with Crippen LogP contribution in [0.2, 0.25) is 0 Å². The van der Waals surface area contributed by atoms with Crippen molar-refractivity contribution in [2.75, 3.05) is 0 Å². The normalized spacial score (nSPS) is 15.2. The van der Waals surface area contributed by atoms with Crippen molar-refractivity contribution >= 4 is 21.4 Å². The largest absolute Gasteiger partial charge is 0.345 e. The fourth-order valence-corrected chi connectivity index (χ4v) is 4.70. The SMILES string of the molecule is Cc1ccc(S(=O)(=O)NCc2nc3c([nH]2)CCCC3)s1. The molecule has 2 N–H and O–H groups in total. The number of fused-ring (bicyclic) bond motifs is 1. The summed E-state index contributed by atoms with van der Waals surface area (Å²) in [6, 6.07) is 3.44. The van der Waals surface area contributed by atoms with Crippen LogP contribution in [0.5, 0.6) is 0 Å². The molecule has 0 bridgehead atoms. The number of rotatable bonds is 4. The molecule has 0 radical (unpaired) electrons. The van der Waals surface area contributed by atoms with Crippen molar-refractivity contribution in [3.8, 4) is 0 Å². The van der Waals surface area contributed by atoms with Crippen LogP contribution >= 0.6 is 11.3 Å². The van der Waals surface area contributed by atoms with E-state index in [2.05, 4.69) is 14.7 Å². The summed E-state index contributed by atoms with van der Waals surface area (Å²) in [5.74, 6) is 0.703. The second-order valence-electron chi connectivity index (χ2n) is 5.01. The smallest absolute Gasteiger partial charge is 0.250 e. The molecule has 0 aliphatic heterocycles. The van der Waals surface area contributed by atoms with Crippen molar-refractivity contribution in [1.82, 2.24) is 14.7 Å². The summed E-state index contributed by atoms with van der Waals surface area (Å²) in [6.45, 7) is 2.11. The maximum absolute atomic E-state index is 12.1. The van der Waals surface area contributed by atoms with Gasteiger partial charge in [0.15, 0.2) is 0 Å². The third-order valence-corrected chi connectivity index (χ3v) is 6.31. The third-order valence-electron chi connectivity index (χ3n) is 3.41. The number of H-pyrrole nitrogens is 1. The summed E-state index contributed by atoms with van der Waals surface area (Å²) < 4.78 is 27.2. The highest BCUT2D eigenvalue weighted by molar-refractivity contribution is 7.91. The van der Waals surface area contributed by atoms with E-state index in [0.717, 1.165) is 35.5 Å². The lowest BCUT2D eigenvalue weighted by molar-refractivity contribution is 0.581. The number of imidazole rings is 1. The van der Waals surface area contributed by atoms with E-state index in [1.54, 1.807) is 6.07 Å². The van der Waals surface area contributed by atoms with Gasteiger partial charge in [-0.2, -0.15) is 0 Å². The van der Waals surface area contributed by atoms with Crippen molar-refractivity contribution in [1.29, 1.82) is 0 Å². The molecule has 2 heterocycles. The second kappa shape index (κ2) is 5.31. The van der Waals surface area contributed by atoms with Gasteiger partial charge in [-0.3, -0.25) is 0 Å². The van der Waals surface area contributed by atoms with Crippen LogP contribution in [0.15, 0.2) is 16.3 Å². The molecule has 7 heteroatoms. The molecule has 0 fully saturated rings. The summed E-state index contributed by atoms with van der Waals surface area (Å²) in [5.41, 5.74) is 2.26. The molecule has 3 rings (SSSR count). The van der Waals surface area contributed by atoms with E-state index in [1.165, 1.54) is 17.8 Å².